The van der Waals surface area contributed by atoms with Gasteiger partial charge in [0.25, 0.3) is 5.91 Å². The Morgan fingerprint density at radius 3 is 2.46 bits per heavy atom. The molecule has 136 valence electrons. The maximum atomic E-state index is 12.7. The fourth-order valence-electron chi connectivity index (χ4n) is 2.73. The predicted molar refractivity (Wildman–Crippen MR) is 96.4 cm³/mol. The number of esters is 1. The Balaban J connectivity index is 1.63. The smallest absolute Gasteiger partial charge is 0.351 e. The Kier molecular flexibility index (Phi) is 5.41. The molecular weight excluding hydrogens is 334 g/mol. The van der Waals surface area contributed by atoms with Crippen molar-refractivity contribution >= 4 is 17.6 Å². The maximum Gasteiger partial charge on any atom is 0.351 e. The first kappa shape index (κ1) is 17.8. The van der Waals surface area contributed by atoms with Crippen LogP contribution in [0.2, 0.25) is 0 Å². The number of ether oxygens (including phenoxy) is 3. The monoisotopic (exact) mass is 355 g/mol. The number of para-hydroxylation sites is 3. The van der Waals surface area contributed by atoms with Crippen LogP contribution in [0.25, 0.3) is 0 Å². The molecule has 0 bridgehead atoms. The van der Waals surface area contributed by atoms with E-state index in [1.165, 1.54) is 0 Å². The zero-order valence-electron chi connectivity index (χ0n) is 14.8. The largest absolute Gasteiger partial charge is 0.485 e. The van der Waals surface area contributed by atoms with Crippen LogP contribution < -0.4 is 14.4 Å². The minimum Gasteiger partial charge on any atom is -0.485 e. The van der Waals surface area contributed by atoms with Gasteiger partial charge in [0, 0.05) is 12.2 Å². The van der Waals surface area contributed by atoms with Crippen LogP contribution in [0.3, 0.4) is 0 Å². The fraction of sp³-hybridized carbons (Fsp3) is 0.300. The zero-order valence-corrected chi connectivity index (χ0v) is 14.8. The van der Waals surface area contributed by atoms with Crippen LogP contribution in [-0.2, 0) is 14.3 Å². The summed E-state index contributed by atoms with van der Waals surface area (Å²) in [6.07, 6.45) is -1.82. The second-order valence-corrected chi connectivity index (χ2v) is 5.86. The van der Waals surface area contributed by atoms with E-state index in [4.69, 9.17) is 14.2 Å². The molecule has 0 saturated carbocycles. The Morgan fingerprint density at radius 2 is 1.77 bits per heavy atom. The van der Waals surface area contributed by atoms with E-state index in [0.29, 0.717) is 18.0 Å². The second-order valence-electron chi connectivity index (χ2n) is 5.86. The van der Waals surface area contributed by atoms with Crippen LogP contribution >= 0.6 is 0 Å². The lowest BCUT2D eigenvalue weighted by Crippen LogP contribution is -2.44. The van der Waals surface area contributed by atoms with Crippen molar-refractivity contribution in [2.24, 2.45) is 0 Å². The lowest BCUT2D eigenvalue weighted by molar-refractivity contribution is -0.163. The molecule has 0 spiro atoms. The van der Waals surface area contributed by atoms with E-state index in [1.54, 1.807) is 30.0 Å². The number of hydrogen-bond donors (Lipinski definition) is 0. The number of nitrogens with zero attached hydrogens (tertiary/aromatic N) is 1. The number of anilines is 1. The summed E-state index contributed by atoms with van der Waals surface area (Å²) in [4.78, 5) is 26.6. The number of amides is 1. The minimum atomic E-state index is -0.927. The summed E-state index contributed by atoms with van der Waals surface area (Å²) >= 11 is 0. The van der Waals surface area contributed by atoms with Gasteiger partial charge in [0.15, 0.2) is 17.6 Å². The molecule has 0 unspecified atom stereocenters. The van der Waals surface area contributed by atoms with Gasteiger partial charge in [-0.2, -0.15) is 0 Å². The normalized spacial score (nSPS) is 16.5. The van der Waals surface area contributed by atoms with E-state index in [0.717, 1.165) is 5.69 Å². The Hall–Kier alpha value is -3.02. The molecule has 0 N–H and O–H groups in total. The van der Waals surface area contributed by atoms with Crippen LogP contribution in [0, 0.1) is 0 Å². The molecule has 0 aliphatic carbocycles. The van der Waals surface area contributed by atoms with Crippen molar-refractivity contribution in [3.63, 3.8) is 0 Å². The third-order valence-corrected chi connectivity index (χ3v) is 4.06. The molecule has 2 aromatic carbocycles. The highest BCUT2D eigenvalue weighted by Gasteiger charge is 2.32. The molecular formula is C20H21NO5. The topological polar surface area (TPSA) is 65.1 Å². The van der Waals surface area contributed by atoms with E-state index in [1.807, 2.05) is 43.3 Å². The van der Waals surface area contributed by atoms with Crippen molar-refractivity contribution in [3.8, 4) is 11.5 Å². The second kappa shape index (κ2) is 7.91. The molecule has 2 aromatic rings. The van der Waals surface area contributed by atoms with Gasteiger partial charge in [0.1, 0.15) is 6.61 Å². The highest BCUT2D eigenvalue weighted by Crippen LogP contribution is 2.31. The Morgan fingerprint density at radius 1 is 1.12 bits per heavy atom. The molecule has 0 saturated heterocycles. The first-order valence-corrected chi connectivity index (χ1v) is 8.55. The summed E-state index contributed by atoms with van der Waals surface area (Å²) in [7, 11) is 0. The summed E-state index contributed by atoms with van der Waals surface area (Å²) in [5.74, 6) is 0.162. The number of hydrogen-bond acceptors (Lipinski definition) is 5. The van der Waals surface area contributed by atoms with Gasteiger partial charge in [-0.25, -0.2) is 4.79 Å². The highest BCUT2D eigenvalue weighted by molar-refractivity contribution is 5.97. The van der Waals surface area contributed by atoms with Crippen molar-refractivity contribution < 1.29 is 23.8 Å². The summed E-state index contributed by atoms with van der Waals surface area (Å²) in [6, 6.07) is 16.4. The number of likely N-dealkylation sites (N-methyl/N-ethyl adjacent to an activating group) is 1. The molecule has 26 heavy (non-hydrogen) atoms. The van der Waals surface area contributed by atoms with E-state index < -0.39 is 18.2 Å². The van der Waals surface area contributed by atoms with Crippen molar-refractivity contribution in [3.05, 3.63) is 54.6 Å². The first-order chi connectivity index (χ1) is 12.6. The molecule has 3 rings (SSSR count). The van der Waals surface area contributed by atoms with Crippen LogP contribution in [0.4, 0.5) is 5.69 Å². The van der Waals surface area contributed by atoms with Gasteiger partial charge in [-0.1, -0.05) is 30.3 Å². The molecule has 0 fully saturated rings. The minimum absolute atomic E-state index is 0.0485. The summed E-state index contributed by atoms with van der Waals surface area (Å²) in [5, 5.41) is 0. The summed E-state index contributed by atoms with van der Waals surface area (Å²) < 4.78 is 16.5. The van der Waals surface area contributed by atoms with Gasteiger partial charge in [0.2, 0.25) is 6.10 Å². The molecule has 1 heterocycles. The Labute approximate surface area is 152 Å². The van der Waals surface area contributed by atoms with Crippen molar-refractivity contribution in [2.45, 2.75) is 26.1 Å². The van der Waals surface area contributed by atoms with E-state index >= 15 is 0 Å². The number of fused-ring (bicyclic) bond motifs is 1. The quantitative estimate of drug-likeness (QED) is 0.772. The molecule has 6 heteroatoms. The number of carbonyl (C=O) groups excluding carboxylic acids is 2. The van der Waals surface area contributed by atoms with Crippen molar-refractivity contribution in [1.29, 1.82) is 0 Å². The van der Waals surface area contributed by atoms with Gasteiger partial charge in [0.05, 0.1) is 0 Å². The number of rotatable bonds is 5. The van der Waals surface area contributed by atoms with Crippen molar-refractivity contribution in [2.75, 3.05) is 18.1 Å². The predicted octanol–water partition coefficient (Wildman–Crippen LogP) is 2.81. The lowest BCUT2D eigenvalue weighted by Gasteiger charge is -2.28. The SMILES string of the molecule is CCN(C(=O)[C@@H](C)OC(=O)[C@H]1COc2ccccc2O1)c1ccccc1. The van der Waals surface area contributed by atoms with Gasteiger partial charge < -0.3 is 19.1 Å². The van der Waals surface area contributed by atoms with E-state index in [2.05, 4.69) is 0 Å². The standard InChI is InChI=1S/C20H21NO5/c1-3-21(15-9-5-4-6-10-15)19(22)14(2)25-20(23)18-13-24-16-11-7-8-12-17(16)26-18/h4-12,14,18H,3,13H2,1-2H3/t14-,18-/m1/s1. The first-order valence-electron chi connectivity index (χ1n) is 8.55. The highest BCUT2D eigenvalue weighted by atomic mass is 16.6. The van der Waals surface area contributed by atoms with Crippen LogP contribution in [-0.4, -0.2) is 37.2 Å². The number of benzene rings is 2. The summed E-state index contributed by atoms with van der Waals surface area (Å²) in [5.41, 5.74) is 0.758. The molecule has 1 amide bonds. The maximum absolute atomic E-state index is 12.7. The summed E-state index contributed by atoms with van der Waals surface area (Å²) in [6.45, 7) is 3.95. The van der Waals surface area contributed by atoms with Gasteiger partial charge in [-0.15, -0.1) is 0 Å². The molecule has 6 nitrogen and oxygen atoms in total. The van der Waals surface area contributed by atoms with Crippen molar-refractivity contribution in [1.82, 2.24) is 0 Å². The Bertz CT molecular complexity index is 777. The third-order valence-electron chi connectivity index (χ3n) is 4.06. The van der Waals surface area contributed by atoms with Gasteiger partial charge in [-0.3, -0.25) is 4.79 Å². The van der Waals surface area contributed by atoms with E-state index in [9.17, 15) is 9.59 Å². The average molecular weight is 355 g/mol. The zero-order chi connectivity index (χ0) is 18.5. The lowest BCUT2D eigenvalue weighted by atomic mass is 10.2. The van der Waals surface area contributed by atoms with E-state index in [-0.39, 0.29) is 12.5 Å². The van der Waals surface area contributed by atoms with Crippen LogP contribution in [0.15, 0.2) is 54.6 Å². The molecule has 0 radical (unpaired) electrons. The third kappa shape index (κ3) is 3.79. The molecule has 2 atom stereocenters. The molecule has 1 aliphatic rings. The fourth-order valence-corrected chi connectivity index (χ4v) is 2.73. The molecule has 1 aliphatic heterocycles. The van der Waals surface area contributed by atoms with Crippen LogP contribution in [0.5, 0.6) is 11.5 Å². The van der Waals surface area contributed by atoms with Crippen LogP contribution in [0.1, 0.15) is 13.8 Å². The van der Waals surface area contributed by atoms with Gasteiger partial charge in [-0.05, 0) is 38.1 Å². The average Bonchev–Trinajstić information content (AvgIpc) is 2.68. The van der Waals surface area contributed by atoms with Gasteiger partial charge >= 0.3 is 5.97 Å². The molecule has 0 aromatic heterocycles. The number of carbonyl (C=O) groups is 2.